The summed E-state index contributed by atoms with van der Waals surface area (Å²) in [4.78, 5) is 32.7. The molecule has 0 radical (unpaired) electrons. The van der Waals surface area contributed by atoms with E-state index < -0.39 is 0 Å². The molecule has 4 aromatic rings. The van der Waals surface area contributed by atoms with Crippen molar-refractivity contribution in [3.63, 3.8) is 0 Å². The van der Waals surface area contributed by atoms with Gasteiger partial charge in [-0.25, -0.2) is 4.98 Å². The van der Waals surface area contributed by atoms with Gasteiger partial charge in [0.2, 0.25) is 5.91 Å². The fourth-order valence-electron chi connectivity index (χ4n) is 3.31. The summed E-state index contributed by atoms with van der Waals surface area (Å²) in [6.45, 7) is 4.53. The molecule has 0 aliphatic carbocycles. The van der Waals surface area contributed by atoms with Gasteiger partial charge in [0, 0.05) is 16.7 Å². The molecule has 2 heterocycles. The average molecular weight is 514 g/mol. The first-order valence-corrected chi connectivity index (χ1v) is 12.4. The fourth-order valence-corrected chi connectivity index (χ4v) is 5.22. The minimum Gasteiger partial charge on any atom is -0.312 e. The molecule has 0 atom stereocenters. The van der Waals surface area contributed by atoms with Crippen molar-refractivity contribution in [3.05, 3.63) is 80.4 Å². The Kier molecular flexibility index (Phi) is 6.60. The van der Waals surface area contributed by atoms with Crippen LogP contribution >= 0.6 is 39.0 Å². The van der Waals surface area contributed by atoms with Crippen molar-refractivity contribution in [2.75, 3.05) is 17.2 Å². The zero-order chi connectivity index (χ0) is 22.0. The Hall–Kier alpha value is -2.42. The van der Waals surface area contributed by atoms with Crippen LogP contribution in [0.1, 0.15) is 12.5 Å². The van der Waals surface area contributed by atoms with Crippen LogP contribution < -0.4 is 10.5 Å². The minimum atomic E-state index is -0.122. The molecular weight excluding hydrogens is 494 g/mol. The number of thioether (sulfide) groups is 1. The molecule has 31 heavy (non-hydrogen) atoms. The number of anilines is 1. The molecule has 0 N–H and O–H groups in total. The van der Waals surface area contributed by atoms with Crippen molar-refractivity contribution >= 4 is 60.8 Å². The predicted octanol–water partition coefficient (Wildman–Crippen LogP) is 5.66. The van der Waals surface area contributed by atoms with Crippen LogP contribution in [-0.4, -0.2) is 27.8 Å². The number of carbonyl (C=O) groups is 1. The zero-order valence-corrected chi connectivity index (χ0v) is 20.3. The molecule has 0 saturated heterocycles. The van der Waals surface area contributed by atoms with Gasteiger partial charge in [0.25, 0.3) is 5.56 Å². The molecule has 0 saturated carbocycles. The van der Waals surface area contributed by atoms with Crippen LogP contribution in [-0.2, 0) is 4.79 Å². The van der Waals surface area contributed by atoms with Gasteiger partial charge in [-0.1, -0.05) is 39.8 Å². The van der Waals surface area contributed by atoms with E-state index in [1.807, 2.05) is 73.8 Å². The van der Waals surface area contributed by atoms with Crippen molar-refractivity contribution < 1.29 is 4.79 Å². The molecule has 0 spiro atoms. The molecular formula is C23H20BrN3O2S2. The number of carbonyl (C=O) groups excluding carboxylic acids is 1. The maximum absolute atomic E-state index is 13.2. The molecule has 8 heteroatoms. The Morgan fingerprint density at radius 3 is 2.68 bits per heavy atom. The van der Waals surface area contributed by atoms with Crippen LogP contribution in [0.5, 0.6) is 0 Å². The first-order valence-electron chi connectivity index (χ1n) is 9.74. The van der Waals surface area contributed by atoms with Crippen LogP contribution in [0.2, 0.25) is 0 Å². The number of thiophene rings is 1. The fraction of sp³-hybridized carbons (Fsp3) is 0.174. The number of nitrogens with zero attached hydrogens (tertiary/aromatic N) is 3. The molecule has 0 bridgehead atoms. The lowest BCUT2D eigenvalue weighted by molar-refractivity contribution is -0.116. The highest BCUT2D eigenvalue weighted by Gasteiger charge is 2.19. The number of benzene rings is 2. The van der Waals surface area contributed by atoms with E-state index in [1.165, 1.54) is 23.1 Å². The molecule has 0 fully saturated rings. The summed E-state index contributed by atoms with van der Waals surface area (Å²) in [7, 11) is 0. The minimum absolute atomic E-state index is 0.0277. The number of rotatable bonds is 6. The monoisotopic (exact) mass is 513 g/mol. The summed E-state index contributed by atoms with van der Waals surface area (Å²) in [5, 5.41) is 2.37. The molecule has 2 aromatic carbocycles. The Morgan fingerprint density at radius 2 is 1.97 bits per heavy atom. The van der Waals surface area contributed by atoms with Gasteiger partial charge in [0.1, 0.15) is 4.70 Å². The van der Waals surface area contributed by atoms with Gasteiger partial charge < -0.3 is 4.90 Å². The summed E-state index contributed by atoms with van der Waals surface area (Å²) in [5.74, 6) is 0.153. The number of aromatic nitrogens is 2. The van der Waals surface area contributed by atoms with Crippen molar-refractivity contribution in [1.29, 1.82) is 0 Å². The molecule has 158 valence electrons. The predicted molar refractivity (Wildman–Crippen MR) is 133 cm³/mol. The third-order valence-corrected chi connectivity index (χ3v) is 7.13. The van der Waals surface area contributed by atoms with E-state index in [2.05, 4.69) is 15.9 Å². The molecule has 0 aliphatic rings. The van der Waals surface area contributed by atoms with E-state index in [9.17, 15) is 9.59 Å². The number of hydrogen-bond donors (Lipinski definition) is 0. The van der Waals surface area contributed by atoms with Gasteiger partial charge in [0.05, 0.1) is 17.0 Å². The first-order chi connectivity index (χ1) is 15.0. The standard InChI is InChI=1S/C23H20BrN3O2S2/c1-3-26(18-6-4-5-15(2)13-18)20(28)14-31-23-25-19-11-12-30-21(19)22(29)27(23)17-9-7-16(24)8-10-17/h4-13H,3,14H2,1-2H3. The van der Waals surface area contributed by atoms with E-state index >= 15 is 0 Å². The summed E-state index contributed by atoms with van der Waals surface area (Å²) in [6, 6.07) is 17.2. The number of aryl methyl sites for hydroxylation is 1. The SMILES string of the molecule is CCN(C(=O)CSc1nc2ccsc2c(=O)n1-c1ccc(Br)cc1)c1cccc(C)c1. The third kappa shape index (κ3) is 4.61. The van der Waals surface area contributed by atoms with Crippen LogP contribution in [0.3, 0.4) is 0 Å². The van der Waals surface area contributed by atoms with Crippen LogP contribution in [0.15, 0.2) is 74.4 Å². The Labute approximate surface area is 196 Å². The maximum Gasteiger partial charge on any atom is 0.276 e. The summed E-state index contributed by atoms with van der Waals surface area (Å²) >= 11 is 6.09. The Bertz CT molecular complexity index is 1300. The number of fused-ring (bicyclic) bond motifs is 1. The lowest BCUT2D eigenvalue weighted by Gasteiger charge is -2.21. The van der Waals surface area contributed by atoms with Gasteiger partial charge in [-0.05, 0) is 67.3 Å². The van der Waals surface area contributed by atoms with Crippen molar-refractivity contribution in [2.24, 2.45) is 0 Å². The first kappa shape index (κ1) is 21.8. The Morgan fingerprint density at radius 1 is 1.19 bits per heavy atom. The van der Waals surface area contributed by atoms with Gasteiger partial charge in [-0.3, -0.25) is 14.2 Å². The van der Waals surface area contributed by atoms with Crippen molar-refractivity contribution in [2.45, 2.75) is 19.0 Å². The smallest absolute Gasteiger partial charge is 0.276 e. The number of halogens is 1. The maximum atomic E-state index is 13.2. The number of amides is 1. The molecule has 2 aromatic heterocycles. The second-order valence-corrected chi connectivity index (χ2v) is 9.69. The molecule has 0 unspecified atom stereocenters. The third-order valence-electron chi connectivity index (χ3n) is 4.79. The second-order valence-electron chi connectivity index (χ2n) is 6.91. The van der Waals surface area contributed by atoms with Crippen LogP contribution in [0, 0.1) is 6.92 Å². The highest BCUT2D eigenvalue weighted by Crippen LogP contribution is 2.25. The Balaban J connectivity index is 1.67. The van der Waals surface area contributed by atoms with Gasteiger partial charge in [-0.15, -0.1) is 11.3 Å². The lowest BCUT2D eigenvalue weighted by atomic mass is 10.2. The van der Waals surface area contributed by atoms with E-state index in [0.29, 0.717) is 21.9 Å². The largest absolute Gasteiger partial charge is 0.312 e. The topological polar surface area (TPSA) is 55.2 Å². The van der Waals surface area contributed by atoms with Crippen LogP contribution in [0.4, 0.5) is 5.69 Å². The normalized spacial score (nSPS) is 11.1. The highest BCUT2D eigenvalue weighted by atomic mass is 79.9. The molecule has 1 amide bonds. The average Bonchev–Trinajstić information content (AvgIpc) is 3.23. The second kappa shape index (κ2) is 9.38. The van der Waals surface area contributed by atoms with E-state index in [4.69, 9.17) is 4.98 Å². The quantitative estimate of drug-likeness (QED) is 0.246. The summed E-state index contributed by atoms with van der Waals surface area (Å²) in [5.41, 5.74) is 3.23. The van der Waals surface area contributed by atoms with Gasteiger partial charge >= 0.3 is 0 Å². The van der Waals surface area contributed by atoms with Crippen molar-refractivity contribution in [1.82, 2.24) is 9.55 Å². The molecule has 4 rings (SSSR count). The summed E-state index contributed by atoms with van der Waals surface area (Å²) < 4.78 is 3.12. The lowest BCUT2D eigenvalue weighted by Crippen LogP contribution is -2.32. The van der Waals surface area contributed by atoms with E-state index in [-0.39, 0.29) is 17.2 Å². The molecule has 0 aliphatic heterocycles. The zero-order valence-electron chi connectivity index (χ0n) is 17.0. The number of hydrogen-bond acceptors (Lipinski definition) is 5. The van der Waals surface area contributed by atoms with E-state index in [0.717, 1.165) is 21.4 Å². The van der Waals surface area contributed by atoms with Gasteiger partial charge in [0.15, 0.2) is 5.16 Å². The van der Waals surface area contributed by atoms with Gasteiger partial charge in [-0.2, -0.15) is 0 Å². The van der Waals surface area contributed by atoms with Crippen molar-refractivity contribution in [3.8, 4) is 5.69 Å². The van der Waals surface area contributed by atoms with E-state index in [1.54, 1.807) is 9.47 Å². The highest BCUT2D eigenvalue weighted by molar-refractivity contribution is 9.10. The van der Waals surface area contributed by atoms with Crippen LogP contribution in [0.25, 0.3) is 15.9 Å². The molecule has 5 nitrogen and oxygen atoms in total. The summed E-state index contributed by atoms with van der Waals surface area (Å²) in [6.07, 6.45) is 0.